The van der Waals surface area contributed by atoms with Gasteiger partial charge in [-0.05, 0) is 13.8 Å². The van der Waals surface area contributed by atoms with E-state index in [-0.39, 0.29) is 17.9 Å². The van der Waals surface area contributed by atoms with E-state index in [2.05, 4.69) is 20.4 Å². The second-order valence-electron chi connectivity index (χ2n) is 3.93. The van der Waals surface area contributed by atoms with Crippen molar-refractivity contribution in [2.24, 2.45) is 5.84 Å². The first-order chi connectivity index (χ1) is 8.76. The molecule has 0 aliphatic heterocycles. The largest absolute Gasteiger partial charge is 0.467 e. The highest BCUT2D eigenvalue weighted by Gasteiger charge is 2.33. The molecular weight excluding hydrogens is 265 g/mol. The van der Waals surface area contributed by atoms with Crippen molar-refractivity contribution in [3.8, 4) is 6.01 Å². The Balaban J connectivity index is 3.14. The molecule has 7 nitrogen and oxygen atoms in total. The topological polar surface area (TPSA) is 89.2 Å². The molecular formula is C9H15F3N6O. The molecule has 0 saturated carbocycles. The second kappa shape index (κ2) is 5.87. The number of hydrogen-bond donors (Lipinski definition) is 2. The zero-order chi connectivity index (χ0) is 14.6. The highest BCUT2D eigenvalue weighted by Crippen LogP contribution is 2.23. The third-order valence-electron chi connectivity index (χ3n) is 2.14. The summed E-state index contributed by atoms with van der Waals surface area (Å²) in [6, 6.07) is -0.579. The average molecular weight is 280 g/mol. The number of nitrogens with zero attached hydrogens (tertiary/aromatic N) is 4. The van der Waals surface area contributed by atoms with Crippen molar-refractivity contribution in [1.82, 2.24) is 15.0 Å². The van der Waals surface area contributed by atoms with Crippen molar-refractivity contribution >= 4 is 11.9 Å². The Morgan fingerprint density at radius 3 is 2.37 bits per heavy atom. The van der Waals surface area contributed by atoms with Crippen molar-refractivity contribution in [2.45, 2.75) is 26.1 Å². The minimum atomic E-state index is -4.37. The van der Waals surface area contributed by atoms with Gasteiger partial charge >= 0.3 is 12.2 Å². The van der Waals surface area contributed by atoms with E-state index in [1.165, 1.54) is 7.11 Å². The summed E-state index contributed by atoms with van der Waals surface area (Å²) in [7, 11) is 1.29. The molecule has 0 radical (unpaired) electrons. The van der Waals surface area contributed by atoms with Gasteiger partial charge in [0.1, 0.15) is 6.54 Å². The summed E-state index contributed by atoms with van der Waals surface area (Å²) in [5.41, 5.74) is 2.15. The number of alkyl halides is 3. The van der Waals surface area contributed by atoms with Crippen LogP contribution in [0.4, 0.5) is 25.1 Å². The fraction of sp³-hybridized carbons (Fsp3) is 0.667. The number of aromatic nitrogens is 3. The quantitative estimate of drug-likeness (QED) is 0.613. The van der Waals surface area contributed by atoms with E-state index in [0.29, 0.717) is 0 Å². The van der Waals surface area contributed by atoms with Crippen molar-refractivity contribution in [3.63, 3.8) is 0 Å². The van der Waals surface area contributed by atoms with Crippen LogP contribution in [-0.4, -0.2) is 40.8 Å². The summed E-state index contributed by atoms with van der Waals surface area (Å²) in [5.74, 6) is 4.91. The summed E-state index contributed by atoms with van der Waals surface area (Å²) >= 11 is 0. The highest BCUT2D eigenvalue weighted by atomic mass is 19.4. The van der Waals surface area contributed by atoms with Crippen LogP contribution in [0.5, 0.6) is 6.01 Å². The Kier molecular flexibility index (Phi) is 4.70. The standard InChI is InChI=1S/C9H15F3N6O/c1-5(2)18(4-9(10,11)12)7-14-6(17-13)15-8(16-7)19-3/h5H,4,13H2,1-3H3,(H,14,15,16,17). The lowest BCUT2D eigenvalue weighted by atomic mass is 10.3. The van der Waals surface area contributed by atoms with Crippen LogP contribution in [0, 0.1) is 0 Å². The molecule has 1 heterocycles. The van der Waals surface area contributed by atoms with E-state index < -0.39 is 18.8 Å². The second-order valence-corrected chi connectivity index (χ2v) is 3.93. The van der Waals surface area contributed by atoms with Gasteiger partial charge in [0.2, 0.25) is 11.9 Å². The molecule has 0 unspecified atom stereocenters. The monoisotopic (exact) mass is 280 g/mol. The van der Waals surface area contributed by atoms with E-state index in [4.69, 9.17) is 10.6 Å². The SMILES string of the molecule is COc1nc(NN)nc(N(CC(F)(F)F)C(C)C)n1. The van der Waals surface area contributed by atoms with Gasteiger partial charge in [-0.15, -0.1) is 0 Å². The van der Waals surface area contributed by atoms with Gasteiger partial charge in [-0.2, -0.15) is 28.1 Å². The smallest absolute Gasteiger partial charge is 0.406 e. The molecule has 0 bridgehead atoms. The maximum atomic E-state index is 12.5. The first-order valence-electron chi connectivity index (χ1n) is 5.37. The molecule has 1 aromatic rings. The van der Waals surface area contributed by atoms with Crippen molar-refractivity contribution < 1.29 is 17.9 Å². The van der Waals surface area contributed by atoms with Crippen LogP contribution in [0.3, 0.4) is 0 Å². The lowest BCUT2D eigenvalue weighted by molar-refractivity contribution is -0.120. The summed E-state index contributed by atoms with van der Waals surface area (Å²) < 4.78 is 42.4. The number of hydrazine groups is 1. The Labute approximate surface area is 108 Å². The zero-order valence-electron chi connectivity index (χ0n) is 10.7. The molecule has 0 atom stereocenters. The first kappa shape index (κ1) is 15.2. The van der Waals surface area contributed by atoms with E-state index in [9.17, 15) is 13.2 Å². The number of hydrogen-bond acceptors (Lipinski definition) is 7. The van der Waals surface area contributed by atoms with Gasteiger partial charge in [-0.1, -0.05) is 0 Å². The van der Waals surface area contributed by atoms with E-state index >= 15 is 0 Å². The number of anilines is 2. The van der Waals surface area contributed by atoms with Crippen LogP contribution in [0.1, 0.15) is 13.8 Å². The lowest BCUT2D eigenvalue weighted by Gasteiger charge is -2.27. The minimum absolute atomic E-state index is 0.0744. The van der Waals surface area contributed by atoms with Gasteiger partial charge in [0.25, 0.3) is 0 Å². The zero-order valence-corrected chi connectivity index (χ0v) is 10.7. The maximum Gasteiger partial charge on any atom is 0.406 e. The van der Waals surface area contributed by atoms with Crippen molar-refractivity contribution in [2.75, 3.05) is 24.0 Å². The Hall–Kier alpha value is -1.84. The Morgan fingerprint density at radius 2 is 1.95 bits per heavy atom. The number of halogens is 3. The van der Waals surface area contributed by atoms with Crippen LogP contribution in [0.25, 0.3) is 0 Å². The number of nitrogens with two attached hydrogens (primary N) is 1. The van der Waals surface area contributed by atoms with Crippen molar-refractivity contribution in [3.05, 3.63) is 0 Å². The number of methoxy groups -OCH3 is 1. The number of rotatable bonds is 5. The highest BCUT2D eigenvalue weighted by molar-refractivity contribution is 5.38. The number of ether oxygens (including phenoxy) is 1. The van der Waals surface area contributed by atoms with Gasteiger partial charge in [0.15, 0.2) is 0 Å². The molecule has 0 aliphatic rings. The molecule has 0 aliphatic carbocycles. The number of nitrogens with one attached hydrogen (secondary N) is 1. The third kappa shape index (κ3) is 4.39. The van der Waals surface area contributed by atoms with E-state index in [1.54, 1.807) is 13.8 Å². The fourth-order valence-corrected chi connectivity index (χ4v) is 1.31. The molecule has 0 spiro atoms. The van der Waals surface area contributed by atoms with E-state index in [1.807, 2.05) is 0 Å². The summed E-state index contributed by atoms with van der Waals surface area (Å²) in [6.45, 7) is 2.01. The van der Waals surface area contributed by atoms with Crippen LogP contribution >= 0.6 is 0 Å². The molecule has 1 rings (SSSR count). The predicted octanol–water partition coefficient (Wildman–Crippen LogP) is 0.943. The Morgan fingerprint density at radius 1 is 1.32 bits per heavy atom. The fourth-order valence-electron chi connectivity index (χ4n) is 1.31. The molecule has 1 aromatic heterocycles. The van der Waals surface area contributed by atoms with Crippen LogP contribution in [-0.2, 0) is 0 Å². The summed E-state index contributed by atoms with van der Waals surface area (Å²) in [6.07, 6.45) is -4.37. The third-order valence-corrected chi connectivity index (χ3v) is 2.14. The minimum Gasteiger partial charge on any atom is -0.467 e. The first-order valence-corrected chi connectivity index (χ1v) is 5.37. The lowest BCUT2D eigenvalue weighted by Crippen LogP contribution is -2.40. The molecule has 0 saturated heterocycles. The Bertz CT molecular complexity index is 403. The molecule has 108 valence electrons. The molecule has 0 aromatic carbocycles. The van der Waals surface area contributed by atoms with Gasteiger partial charge in [0.05, 0.1) is 7.11 Å². The van der Waals surface area contributed by atoms with Crippen LogP contribution in [0.15, 0.2) is 0 Å². The van der Waals surface area contributed by atoms with Gasteiger partial charge in [-0.25, -0.2) is 5.84 Å². The van der Waals surface area contributed by atoms with Gasteiger partial charge < -0.3 is 9.64 Å². The maximum absolute atomic E-state index is 12.5. The van der Waals surface area contributed by atoms with Crippen LogP contribution < -0.4 is 20.9 Å². The van der Waals surface area contributed by atoms with Crippen LogP contribution in [0.2, 0.25) is 0 Å². The molecule has 19 heavy (non-hydrogen) atoms. The molecule has 0 amide bonds. The van der Waals surface area contributed by atoms with Crippen molar-refractivity contribution in [1.29, 1.82) is 0 Å². The molecule has 0 fully saturated rings. The summed E-state index contributed by atoms with van der Waals surface area (Å²) in [5, 5.41) is 0. The average Bonchev–Trinajstić information content (AvgIpc) is 2.33. The summed E-state index contributed by atoms with van der Waals surface area (Å²) in [4.78, 5) is 12.3. The number of nitrogen functional groups attached to an aromatic ring is 1. The molecule has 10 heteroatoms. The molecule has 3 N–H and O–H groups in total. The van der Waals surface area contributed by atoms with Gasteiger partial charge in [0, 0.05) is 6.04 Å². The predicted molar refractivity (Wildman–Crippen MR) is 62.7 cm³/mol. The van der Waals surface area contributed by atoms with Gasteiger partial charge in [-0.3, -0.25) is 5.43 Å². The van der Waals surface area contributed by atoms with E-state index in [0.717, 1.165) is 4.90 Å². The normalized spacial score (nSPS) is 11.6.